The Labute approximate surface area is 131 Å². The highest BCUT2D eigenvalue weighted by molar-refractivity contribution is 9.10. The first-order chi connectivity index (χ1) is 10.0. The lowest BCUT2D eigenvalue weighted by Gasteiger charge is -2.01. The molecule has 1 heterocycles. The largest absolute Gasteiger partial charge is 0.504 e. The molecule has 1 aromatic heterocycles. The summed E-state index contributed by atoms with van der Waals surface area (Å²) < 4.78 is 1.90. The molecule has 0 saturated heterocycles. The van der Waals surface area contributed by atoms with Crippen molar-refractivity contribution in [1.29, 1.82) is 0 Å². The van der Waals surface area contributed by atoms with Gasteiger partial charge in [0.1, 0.15) is 5.69 Å². The molecule has 3 rings (SSSR count). The lowest BCUT2D eigenvalue weighted by Crippen LogP contribution is -1.72. The Bertz CT molecular complexity index is 863. The number of aromatic nitrogens is 1. The molecule has 0 bridgehead atoms. The number of aromatic hydroxyl groups is 3. The number of fused-ring (bicyclic) bond motifs is 1. The summed E-state index contributed by atoms with van der Waals surface area (Å²) in [6, 6.07) is 8.23. The zero-order valence-corrected chi connectivity index (χ0v) is 12.8. The number of phenolic OH excluding ortho intramolecular Hbond substituents is 3. The van der Waals surface area contributed by atoms with Crippen LogP contribution in [0.4, 0.5) is 10.8 Å². The Morgan fingerprint density at radius 1 is 1.00 bits per heavy atom. The summed E-state index contributed by atoms with van der Waals surface area (Å²) >= 11 is 4.73. The van der Waals surface area contributed by atoms with E-state index in [1.807, 2.05) is 18.2 Å². The Hall–Kier alpha value is -2.19. The van der Waals surface area contributed by atoms with Crippen molar-refractivity contribution >= 4 is 48.3 Å². The van der Waals surface area contributed by atoms with E-state index < -0.39 is 17.2 Å². The first-order valence-electron chi connectivity index (χ1n) is 5.76. The van der Waals surface area contributed by atoms with Gasteiger partial charge in [-0.1, -0.05) is 27.3 Å². The topological polar surface area (TPSA) is 98.3 Å². The highest BCUT2D eigenvalue weighted by atomic mass is 79.9. The van der Waals surface area contributed by atoms with Crippen LogP contribution in [0.2, 0.25) is 0 Å². The molecule has 2 aromatic carbocycles. The van der Waals surface area contributed by atoms with Gasteiger partial charge in [0.25, 0.3) is 0 Å². The molecule has 0 saturated carbocycles. The molecule has 0 amide bonds. The van der Waals surface area contributed by atoms with Crippen LogP contribution in [0.5, 0.6) is 17.2 Å². The average Bonchev–Trinajstić information content (AvgIpc) is 2.86. The Kier molecular flexibility index (Phi) is 3.48. The Morgan fingerprint density at radius 2 is 1.81 bits per heavy atom. The minimum atomic E-state index is -0.625. The minimum Gasteiger partial charge on any atom is -0.504 e. The van der Waals surface area contributed by atoms with Gasteiger partial charge in [0.2, 0.25) is 10.9 Å². The van der Waals surface area contributed by atoms with E-state index in [-0.39, 0.29) is 5.69 Å². The molecule has 8 heteroatoms. The molecule has 6 nitrogen and oxygen atoms in total. The average molecular weight is 366 g/mol. The second kappa shape index (κ2) is 5.30. The third-order valence-corrected chi connectivity index (χ3v) is 4.09. The summed E-state index contributed by atoms with van der Waals surface area (Å²) in [6.07, 6.45) is 0. The summed E-state index contributed by atoms with van der Waals surface area (Å²) in [5.41, 5.74) is 0.848. The van der Waals surface area contributed by atoms with Crippen molar-refractivity contribution in [2.75, 3.05) is 0 Å². The molecular formula is C13H8BrN3O3S. The molecule has 21 heavy (non-hydrogen) atoms. The van der Waals surface area contributed by atoms with E-state index in [4.69, 9.17) is 0 Å². The van der Waals surface area contributed by atoms with Gasteiger partial charge in [0.15, 0.2) is 11.5 Å². The highest BCUT2D eigenvalue weighted by Gasteiger charge is 2.11. The van der Waals surface area contributed by atoms with E-state index >= 15 is 0 Å². The SMILES string of the molecule is Oc1ccc(N=Nc2nc3ccc(Br)cc3s2)c(O)c1O. The molecule has 0 unspecified atom stereocenters. The molecule has 0 spiro atoms. The zero-order valence-electron chi connectivity index (χ0n) is 10.4. The molecule has 0 radical (unpaired) electrons. The zero-order chi connectivity index (χ0) is 15.0. The van der Waals surface area contributed by atoms with E-state index in [9.17, 15) is 15.3 Å². The second-order valence-electron chi connectivity index (χ2n) is 4.11. The summed E-state index contributed by atoms with van der Waals surface area (Å²) in [5, 5.41) is 36.5. The van der Waals surface area contributed by atoms with E-state index in [0.29, 0.717) is 5.13 Å². The molecule has 106 valence electrons. The van der Waals surface area contributed by atoms with Gasteiger partial charge in [-0.15, -0.1) is 10.2 Å². The predicted octanol–water partition coefficient (Wildman–Crippen LogP) is 4.59. The second-order valence-corrected chi connectivity index (χ2v) is 6.03. The summed E-state index contributed by atoms with van der Waals surface area (Å²) in [6.45, 7) is 0. The van der Waals surface area contributed by atoms with Crippen LogP contribution in [-0.2, 0) is 0 Å². The van der Waals surface area contributed by atoms with E-state index in [1.165, 1.54) is 23.5 Å². The molecule has 3 N–H and O–H groups in total. The van der Waals surface area contributed by atoms with Crippen LogP contribution in [0.3, 0.4) is 0 Å². The fourth-order valence-electron chi connectivity index (χ4n) is 1.66. The maximum atomic E-state index is 9.65. The van der Waals surface area contributed by atoms with Crippen LogP contribution >= 0.6 is 27.3 Å². The maximum Gasteiger partial charge on any atom is 0.231 e. The molecule has 0 aliphatic carbocycles. The summed E-state index contributed by atoms with van der Waals surface area (Å²) in [7, 11) is 0. The smallest absolute Gasteiger partial charge is 0.231 e. The van der Waals surface area contributed by atoms with Gasteiger partial charge in [-0.2, -0.15) is 0 Å². The molecule has 0 aliphatic rings. The molecular weight excluding hydrogens is 358 g/mol. The fraction of sp³-hybridized carbons (Fsp3) is 0. The number of hydrogen-bond acceptors (Lipinski definition) is 7. The number of rotatable bonds is 2. The van der Waals surface area contributed by atoms with Crippen molar-refractivity contribution < 1.29 is 15.3 Å². The third-order valence-electron chi connectivity index (χ3n) is 2.69. The van der Waals surface area contributed by atoms with Crippen LogP contribution < -0.4 is 0 Å². The predicted molar refractivity (Wildman–Crippen MR) is 82.9 cm³/mol. The van der Waals surface area contributed by atoms with Gasteiger partial charge in [0, 0.05) is 4.47 Å². The Morgan fingerprint density at radius 3 is 2.62 bits per heavy atom. The first kappa shape index (κ1) is 13.8. The van der Waals surface area contributed by atoms with E-state index in [2.05, 4.69) is 31.1 Å². The maximum absolute atomic E-state index is 9.65. The van der Waals surface area contributed by atoms with Gasteiger partial charge in [-0.05, 0) is 30.3 Å². The van der Waals surface area contributed by atoms with Gasteiger partial charge >= 0.3 is 0 Å². The normalized spacial score (nSPS) is 11.5. The number of halogens is 1. The van der Waals surface area contributed by atoms with Crippen LogP contribution in [0.15, 0.2) is 45.0 Å². The summed E-state index contributed by atoms with van der Waals surface area (Å²) in [5.74, 6) is -1.57. The first-order valence-corrected chi connectivity index (χ1v) is 7.37. The van der Waals surface area contributed by atoms with Crippen molar-refractivity contribution in [3.8, 4) is 17.2 Å². The number of hydrogen-bond donors (Lipinski definition) is 3. The van der Waals surface area contributed by atoms with Crippen molar-refractivity contribution in [2.24, 2.45) is 10.2 Å². The minimum absolute atomic E-state index is 0.0470. The molecule has 0 fully saturated rings. The van der Waals surface area contributed by atoms with Crippen molar-refractivity contribution in [3.63, 3.8) is 0 Å². The number of benzene rings is 2. The molecule has 0 atom stereocenters. The number of thiazole rings is 1. The number of nitrogens with zero attached hydrogens (tertiary/aromatic N) is 3. The van der Waals surface area contributed by atoms with Crippen LogP contribution in [0, 0.1) is 0 Å². The molecule has 0 aliphatic heterocycles. The fourth-order valence-corrected chi connectivity index (χ4v) is 3.00. The van der Waals surface area contributed by atoms with Gasteiger partial charge in [-0.3, -0.25) is 0 Å². The van der Waals surface area contributed by atoms with Gasteiger partial charge < -0.3 is 15.3 Å². The summed E-state index contributed by atoms with van der Waals surface area (Å²) in [4.78, 5) is 4.28. The quantitative estimate of drug-likeness (QED) is 0.456. The standard InChI is InChI=1S/C13H8BrN3O3S/c14-6-1-2-7-10(5-6)21-13(15-7)17-16-8-3-4-9(18)12(20)11(8)19/h1-5,18-20H. The monoisotopic (exact) mass is 365 g/mol. The third kappa shape index (κ3) is 2.67. The lowest BCUT2D eigenvalue weighted by molar-refractivity contribution is 0.368. The molecule has 3 aromatic rings. The van der Waals surface area contributed by atoms with Crippen LogP contribution in [0.1, 0.15) is 0 Å². The number of azo groups is 1. The van der Waals surface area contributed by atoms with Crippen LogP contribution in [0.25, 0.3) is 10.2 Å². The van der Waals surface area contributed by atoms with Crippen LogP contribution in [-0.4, -0.2) is 20.3 Å². The van der Waals surface area contributed by atoms with Crippen molar-refractivity contribution in [3.05, 3.63) is 34.8 Å². The van der Waals surface area contributed by atoms with Crippen molar-refractivity contribution in [2.45, 2.75) is 0 Å². The number of phenols is 3. The van der Waals surface area contributed by atoms with Gasteiger partial charge in [0.05, 0.1) is 10.2 Å². The van der Waals surface area contributed by atoms with Gasteiger partial charge in [-0.25, -0.2) is 4.98 Å². The van der Waals surface area contributed by atoms with E-state index in [1.54, 1.807) is 0 Å². The Balaban J connectivity index is 1.96. The highest BCUT2D eigenvalue weighted by Crippen LogP contribution is 2.42. The van der Waals surface area contributed by atoms with E-state index in [0.717, 1.165) is 14.7 Å². The van der Waals surface area contributed by atoms with Crippen molar-refractivity contribution in [1.82, 2.24) is 4.98 Å². The lowest BCUT2D eigenvalue weighted by atomic mass is 10.2.